The molecule has 0 aliphatic carbocycles. The van der Waals surface area contributed by atoms with E-state index in [0.29, 0.717) is 24.6 Å². The maximum absolute atomic E-state index is 12.9. The minimum atomic E-state index is -3.53. The Bertz CT molecular complexity index is 1200. The van der Waals surface area contributed by atoms with Gasteiger partial charge >= 0.3 is 0 Å². The molecule has 4 rings (SSSR count). The van der Waals surface area contributed by atoms with Crippen LogP contribution in [0.5, 0.6) is 5.75 Å². The second-order valence-electron chi connectivity index (χ2n) is 7.89. The topological polar surface area (TPSA) is 66.9 Å². The van der Waals surface area contributed by atoms with Gasteiger partial charge in [0.1, 0.15) is 12.4 Å². The molecule has 0 N–H and O–H groups in total. The van der Waals surface area contributed by atoms with Crippen LogP contribution >= 0.6 is 11.3 Å². The number of benzene rings is 2. The van der Waals surface area contributed by atoms with Gasteiger partial charge in [-0.25, -0.2) is 8.42 Å². The first-order valence-corrected chi connectivity index (χ1v) is 12.8. The fourth-order valence-corrected chi connectivity index (χ4v) is 5.92. The van der Waals surface area contributed by atoms with E-state index in [1.165, 1.54) is 15.6 Å². The molecule has 0 spiro atoms. The summed E-state index contributed by atoms with van der Waals surface area (Å²) in [4.78, 5) is 15.6. The Morgan fingerprint density at radius 3 is 2.44 bits per heavy atom. The van der Waals surface area contributed by atoms with Gasteiger partial charge in [0, 0.05) is 31.7 Å². The number of aryl methyl sites for hydroxylation is 2. The Hall–Kier alpha value is -2.68. The van der Waals surface area contributed by atoms with Crippen LogP contribution in [0.25, 0.3) is 0 Å². The normalized spacial score (nSPS) is 15.0. The summed E-state index contributed by atoms with van der Waals surface area (Å²) in [6, 6.07) is 16.4. The number of rotatable bonds is 6. The summed E-state index contributed by atoms with van der Waals surface area (Å²) in [5, 5.41) is 1.94. The highest BCUT2D eigenvalue weighted by Crippen LogP contribution is 2.24. The van der Waals surface area contributed by atoms with E-state index in [2.05, 4.69) is 0 Å². The zero-order valence-corrected chi connectivity index (χ0v) is 19.8. The molecule has 0 bridgehead atoms. The molecule has 3 aromatic rings. The van der Waals surface area contributed by atoms with Crippen LogP contribution in [0, 0.1) is 13.8 Å². The van der Waals surface area contributed by atoms with E-state index in [1.54, 1.807) is 35.2 Å². The number of piperazine rings is 1. The van der Waals surface area contributed by atoms with E-state index < -0.39 is 10.0 Å². The van der Waals surface area contributed by atoms with Crippen molar-refractivity contribution in [1.29, 1.82) is 0 Å². The predicted octanol–water partition coefficient (Wildman–Crippen LogP) is 4.09. The number of carbonyl (C=O) groups is 1. The smallest absolute Gasteiger partial charge is 0.264 e. The third kappa shape index (κ3) is 4.87. The number of amides is 1. The van der Waals surface area contributed by atoms with Gasteiger partial charge in [0.25, 0.3) is 5.91 Å². The van der Waals surface area contributed by atoms with Crippen LogP contribution in [-0.2, 0) is 16.6 Å². The van der Waals surface area contributed by atoms with Crippen molar-refractivity contribution in [3.63, 3.8) is 0 Å². The number of hydrogen-bond acceptors (Lipinski definition) is 5. The van der Waals surface area contributed by atoms with Crippen LogP contribution in [0.4, 0.5) is 0 Å². The van der Waals surface area contributed by atoms with E-state index in [0.717, 1.165) is 22.4 Å². The van der Waals surface area contributed by atoms with Gasteiger partial charge in [-0.05, 0) is 54.6 Å². The van der Waals surface area contributed by atoms with Gasteiger partial charge in [-0.1, -0.05) is 30.3 Å². The van der Waals surface area contributed by atoms with Gasteiger partial charge in [0.05, 0.1) is 9.77 Å². The van der Waals surface area contributed by atoms with Crippen LogP contribution in [-0.4, -0.2) is 49.7 Å². The Morgan fingerprint density at radius 1 is 1.00 bits per heavy atom. The lowest BCUT2D eigenvalue weighted by atomic mass is 10.1. The van der Waals surface area contributed by atoms with Gasteiger partial charge in [-0.2, -0.15) is 4.31 Å². The molecule has 2 aromatic carbocycles. The molecule has 6 nitrogen and oxygen atoms in total. The van der Waals surface area contributed by atoms with E-state index in [1.807, 2.05) is 43.5 Å². The Morgan fingerprint density at radius 2 is 1.72 bits per heavy atom. The maximum Gasteiger partial charge on any atom is 0.264 e. The van der Waals surface area contributed by atoms with Crippen LogP contribution in [0.15, 0.2) is 64.9 Å². The monoisotopic (exact) mass is 470 g/mol. The molecule has 0 radical (unpaired) electrons. The molecular weight excluding hydrogens is 444 g/mol. The zero-order chi connectivity index (χ0) is 22.7. The van der Waals surface area contributed by atoms with Crippen LogP contribution in [0.3, 0.4) is 0 Å². The molecule has 0 atom stereocenters. The minimum absolute atomic E-state index is 0.0651. The quantitative estimate of drug-likeness (QED) is 0.544. The highest BCUT2D eigenvalue weighted by atomic mass is 32.2. The maximum atomic E-state index is 12.9. The summed E-state index contributed by atoms with van der Waals surface area (Å²) < 4.78 is 33.0. The molecule has 1 aliphatic heterocycles. The number of sulfonamides is 1. The predicted molar refractivity (Wildman–Crippen MR) is 126 cm³/mol. The van der Waals surface area contributed by atoms with E-state index in [9.17, 15) is 13.2 Å². The fourth-order valence-electron chi connectivity index (χ4n) is 3.62. The minimum Gasteiger partial charge on any atom is -0.489 e. The fraction of sp³-hybridized carbons (Fsp3) is 0.292. The molecule has 1 saturated heterocycles. The average molecular weight is 471 g/mol. The van der Waals surface area contributed by atoms with Gasteiger partial charge < -0.3 is 9.64 Å². The first kappa shape index (κ1) is 22.5. The van der Waals surface area contributed by atoms with Gasteiger partial charge in [0.15, 0.2) is 0 Å². The van der Waals surface area contributed by atoms with Gasteiger partial charge in [-0.15, -0.1) is 11.3 Å². The van der Waals surface area contributed by atoms with Crippen molar-refractivity contribution < 1.29 is 17.9 Å². The number of ether oxygens (including phenoxy) is 1. The molecule has 2 heterocycles. The van der Waals surface area contributed by atoms with Crippen LogP contribution < -0.4 is 4.74 Å². The van der Waals surface area contributed by atoms with Crippen molar-refractivity contribution in [2.75, 3.05) is 26.2 Å². The van der Waals surface area contributed by atoms with Gasteiger partial charge in [0.2, 0.25) is 10.0 Å². The first-order chi connectivity index (χ1) is 15.3. The Balaban J connectivity index is 1.35. The van der Waals surface area contributed by atoms with E-state index >= 15 is 0 Å². The number of thiophene rings is 1. The summed E-state index contributed by atoms with van der Waals surface area (Å²) in [5.41, 5.74) is 3.16. The molecule has 32 heavy (non-hydrogen) atoms. The summed E-state index contributed by atoms with van der Waals surface area (Å²) in [6.45, 7) is 5.76. The lowest BCUT2D eigenvalue weighted by Crippen LogP contribution is -2.50. The standard InChI is InChI=1S/C24H26N2O4S2/c1-18-8-9-19(2)22(14-18)30-16-20-15-23(31-17-20)24(27)25-10-12-26(13-11-25)32(28,29)21-6-4-3-5-7-21/h3-9,14-15,17H,10-13,16H2,1-2H3. The molecule has 0 saturated carbocycles. The van der Waals surface area contributed by atoms with Crippen LogP contribution in [0.2, 0.25) is 0 Å². The molecule has 0 unspecified atom stereocenters. The third-order valence-electron chi connectivity index (χ3n) is 5.51. The lowest BCUT2D eigenvalue weighted by molar-refractivity contribution is 0.0702. The summed E-state index contributed by atoms with van der Waals surface area (Å²) in [5.74, 6) is 0.782. The molecule has 168 valence electrons. The van der Waals surface area contributed by atoms with Gasteiger partial charge in [-0.3, -0.25) is 4.79 Å². The second kappa shape index (κ2) is 9.44. The molecule has 1 aliphatic rings. The SMILES string of the molecule is Cc1ccc(C)c(OCc2csc(C(=O)N3CCN(S(=O)(=O)c4ccccc4)CC3)c2)c1. The summed E-state index contributed by atoms with van der Waals surface area (Å²) in [7, 11) is -3.53. The Kier molecular flexibility index (Phi) is 6.64. The number of nitrogens with zero attached hydrogens (tertiary/aromatic N) is 2. The highest BCUT2D eigenvalue weighted by molar-refractivity contribution is 7.89. The zero-order valence-electron chi connectivity index (χ0n) is 18.2. The molecular formula is C24H26N2O4S2. The summed E-state index contributed by atoms with van der Waals surface area (Å²) >= 11 is 1.39. The molecule has 1 aromatic heterocycles. The molecule has 1 amide bonds. The molecule has 1 fully saturated rings. The van der Waals surface area contributed by atoms with Crippen molar-refractivity contribution in [1.82, 2.24) is 9.21 Å². The number of carbonyl (C=O) groups excluding carboxylic acids is 1. The third-order valence-corrected chi connectivity index (χ3v) is 8.39. The molecule has 8 heteroatoms. The largest absolute Gasteiger partial charge is 0.489 e. The summed E-state index contributed by atoms with van der Waals surface area (Å²) in [6.07, 6.45) is 0. The first-order valence-electron chi connectivity index (χ1n) is 10.5. The van der Waals surface area contributed by atoms with E-state index in [4.69, 9.17) is 4.74 Å². The van der Waals surface area contributed by atoms with Crippen molar-refractivity contribution >= 4 is 27.3 Å². The number of hydrogen-bond donors (Lipinski definition) is 0. The van der Waals surface area contributed by atoms with Crippen molar-refractivity contribution in [3.05, 3.63) is 81.5 Å². The van der Waals surface area contributed by atoms with Crippen molar-refractivity contribution in [2.45, 2.75) is 25.3 Å². The second-order valence-corrected chi connectivity index (χ2v) is 10.7. The average Bonchev–Trinajstić information content (AvgIpc) is 3.29. The Labute approximate surface area is 193 Å². The lowest BCUT2D eigenvalue weighted by Gasteiger charge is -2.33. The van der Waals surface area contributed by atoms with Crippen LogP contribution in [0.1, 0.15) is 26.4 Å². The van der Waals surface area contributed by atoms with Crippen molar-refractivity contribution in [3.8, 4) is 5.75 Å². The highest BCUT2D eigenvalue weighted by Gasteiger charge is 2.30. The van der Waals surface area contributed by atoms with E-state index in [-0.39, 0.29) is 23.9 Å². The van der Waals surface area contributed by atoms with Crippen molar-refractivity contribution in [2.24, 2.45) is 0 Å².